The van der Waals surface area contributed by atoms with Crippen molar-refractivity contribution in [3.63, 3.8) is 0 Å². The van der Waals surface area contributed by atoms with Gasteiger partial charge in [0, 0.05) is 6.04 Å². The van der Waals surface area contributed by atoms with Crippen molar-refractivity contribution in [3.05, 3.63) is 0 Å². The SMILES string of the molecule is CCC(CC1CC1)NC(=O)C(C)C#N. The van der Waals surface area contributed by atoms with Crippen LogP contribution in [0.15, 0.2) is 0 Å². The molecular formula is C11H18N2O. The summed E-state index contributed by atoms with van der Waals surface area (Å²) in [5.74, 6) is 0.167. The van der Waals surface area contributed by atoms with Gasteiger partial charge in [-0.3, -0.25) is 4.79 Å². The van der Waals surface area contributed by atoms with E-state index in [2.05, 4.69) is 12.2 Å². The minimum atomic E-state index is -0.525. The third-order valence-corrected chi connectivity index (χ3v) is 2.74. The molecule has 1 rings (SSSR count). The van der Waals surface area contributed by atoms with E-state index in [9.17, 15) is 4.79 Å². The second-order valence-corrected chi connectivity index (χ2v) is 4.14. The molecule has 0 radical (unpaired) electrons. The van der Waals surface area contributed by atoms with Crippen LogP contribution in [0, 0.1) is 23.2 Å². The first kappa shape index (κ1) is 11.0. The monoisotopic (exact) mass is 194 g/mol. The van der Waals surface area contributed by atoms with Gasteiger partial charge in [0.2, 0.25) is 5.91 Å². The van der Waals surface area contributed by atoms with Gasteiger partial charge in [-0.25, -0.2) is 0 Å². The van der Waals surface area contributed by atoms with Crippen LogP contribution in [0.1, 0.15) is 39.5 Å². The molecule has 3 heteroatoms. The van der Waals surface area contributed by atoms with Gasteiger partial charge in [0.15, 0.2) is 0 Å². The van der Waals surface area contributed by atoms with Crippen molar-refractivity contribution in [2.45, 2.75) is 45.6 Å². The molecule has 0 aromatic rings. The molecule has 0 bridgehead atoms. The lowest BCUT2D eigenvalue weighted by molar-refractivity contribution is -0.123. The fourth-order valence-corrected chi connectivity index (χ4v) is 1.47. The molecule has 2 unspecified atom stereocenters. The first-order valence-corrected chi connectivity index (χ1v) is 5.37. The third-order valence-electron chi connectivity index (χ3n) is 2.74. The molecule has 2 atom stereocenters. The molecule has 3 nitrogen and oxygen atoms in total. The molecular weight excluding hydrogens is 176 g/mol. The summed E-state index contributed by atoms with van der Waals surface area (Å²) >= 11 is 0. The summed E-state index contributed by atoms with van der Waals surface area (Å²) in [6.07, 6.45) is 4.65. The third kappa shape index (κ3) is 3.37. The van der Waals surface area contributed by atoms with Gasteiger partial charge in [-0.05, 0) is 25.7 Å². The molecule has 0 aromatic carbocycles. The molecule has 0 aromatic heterocycles. The van der Waals surface area contributed by atoms with Crippen molar-refractivity contribution in [2.75, 3.05) is 0 Å². The largest absolute Gasteiger partial charge is 0.352 e. The summed E-state index contributed by atoms with van der Waals surface area (Å²) in [5.41, 5.74) is 0. The van der Waals surface area contributed by atoms with E-state index in [0.29, 0.717) is 0 Å². The lowest BCUT2D eigenvalue weighted by atomic mass is 10.1. The molecule has 1 aliphatic carbocycles. The average molecular weight is 194 g/mol. The predicted molar refractivity (Wildman–Crippen MR) is 54.3 cm³/mol. The zero-order valence-corrected chi connectivity index (χ0v) is 8.92. The number of carbonyl (C=O) groups is 1. The van der Waals surface area contributed by atoms with Crippen LogP contribution in [0.25, 0.3) is 0 Å². The lowest BCUT2D eigenvalue weighted by Crippen LogP contribution is -2.37. The first-order chi connectivity index (χ1) is 6.67. The highest BCUT2D eigenvalue weighted by molar-refractivity contribution is 5.80. The van der Waals surface area contributed by atoms with E-state index in [0.717, 1.165) is 18.8 Å². The Labute approximate surface area is 85.5 Å². The number of rotatable bonds is 5. The summed E-state index contributed by atoms with van der Waals surface area (Å²) in [6, 6.07) is 2.22. The lowest BCUT2D eigenvalue weighted by Gasteiger charge is -2.17. The summed E-state index contributed by atoms with van der Waals surface area (Å²) in [5, 5.41) is 11.5. The Kier molecular flexibility index (Phi) is 3.94. The molecule has 1 N–H and O–H groups in total. The average Bonchev–Trinajstić information content (AvgIpc) is 2.99. The second kappa shape index (κ2) is 4.99. The number of nitrogens with one attached hydrogen (secondary N) is 1. The number of nitrogens with zero attached hydrogens (tertiary/aromatic N) is 1. The molecule has 0 heterocycles. The maximum Gasteiger partial charge on any atom is 0.237 e. The Hall–Kier alpha value is -1.04. The predicted octanol–water partition coefficient (Wildman–Crippen LogP) is 1.84. The fraction of sp³-hybridized carbons (Fsp3) is 0.818. The summed E-state index contributed by atoms with van der Waals surface area (Å²) in [6.45, 7) is 3.71. The Morgan fingerprint density at radius 1 is 1.64 bits per heavy atom. The van der Waals surface area contributed by atoms with E-state index in [1.807, 2.05) is 6.07 Å². The van der Waals surface area contributed by atoms with Crippen LogP contribution in [0.5, 0.6) is 0 Å². The van der Waals surface area contributed by atoms with E-state index in [4.69, 9.17) is 5.26 Å². The van der Waals surface area contributed by atoms with Gasteiger partial charge in [0.25, 0.3) is 0 Å². The molecule has 1 saturated carbocycles. The van der Waals surface area contributed by atoms with Gasteiger partial charge in [-0.2, -0.15) is 5.26 Å². The number of carbonyl (C=O) groups excluding carboxylic acids is 1. The highest BCUT2D eigenvalue weighted by Gasteiger charge is 2.26. The van der Waals surface area contributed by atoms with E-state index in [1.165, 1.54) is 12.8 Å². The van der Waals surface area contributed by atoms with Crippen molar-refractivity contribution in [1.29, 1.82) is 5.26 Å². The van der Waals surface area contributed by atoms with Gasteiger partial charge in [0.1, 0.15) is 5.92 Å². The first-order valence-electron chi connectivity index (χ1n) is 5.37. The van der Waals surface area contributed by atoms with Crippen LogP contribution in [0.3, 0.4) is 0 Å². The second-order valence-electron chi connectivity index (χ2n) is 4.14. The van der Waals surface area contributed by atoms with Gasteiger partial charge in [-0.1, -0.05) is 19.8 Å². The standard InChI is InChI=1S/C11H18N2O/c1-3-10(6-9-4-5-9)13-11(14)8(2)7-12/h8-10H,3-6H2,1-2H3,(H,13,14). The zero-order valence-electron chi connectivity index (χ0n) is 8.92. The fourth-order valence-electron chi connectivity index (χ4n) is 1.47. The summed E-state index contributed by atoms with van der Waals surface area (Å²) < 4.78 is 0. The molecule has 14 heavy (non-hydrogen) atoms. The minimum absolute atomic E-state index is 0.125. The van der Waals surface area contributed by atoms with E-state index >= 15 is 0 Å². The smallest absolute Gasteiger partial charge is 0.237 e. The van der Waals surface area contributed by atoms with Crippen molar-refractivity contribution >= 4 is 5.91 Å². The topological polar surface area (TPSA) is 52.9 Å². The highest BCUT2D eigenvalue weighted by Crippen LogP contribution is 2.34. The molecule has 1 amide bonds. The Morgan fingerprint density at radius 3 is 2.71 bits per heavy atom. The quantitative estimate of drug-likeness (QED) is 0.726. The van der Waals surface area contributed by atoms with Gasteiger partial charge < -0.3 is 5.32 Å². The van der Waals surface area contributed by atoms with Crippen molar-refractivity contribution in [3.8, 4) is 6.07 Å². The van der Waals surface area contributed by atoms with E-state index in [-0.39, 0.29) is 11.9 Å². The molecule has 0 spiro atoms. The number of nitriles is 1. The molecule has 78 valence electrons. The number of hydrogen-bond donors (Lipinski definition) is 1. The highest BCUT2D eigenvalue weighted by atomic mass is 16.1. The van der Waals surface area contributed by atoms with Crippen molar-refractivity contribution in [2.24, 2.45) is 11.8 Å². The van der Waals surface area contributed by atoms with Crippen LogP contribution in [-0.2, 0) is 4.79 Å². The Balaban J connectivity index is 2.31. The summed E-state index contributed by atoms with van der Waals surface area (Å²) in [7, 11) is 0. The maximum absolute atomic E-state index is 11.4. The van der Waals surface area contributed by atoms with E-state index in [1.54, 1.807) is 6.92 Å². The Bertz CT molecular complexity index is 240. The number of hydrogen-bond acceptors (Lipinski definition) is 2. The van der Waals surface area contributed by atoms with Gasteiger partial charge in [-0.15, -0.1) is 0 Å². The normalized spacial score (nSPS) is 19.5. The van der Waals surface area contributed by atoms with Gasteiger partial charge >= 0.3 is 0 Å². The van der Waals surface area contributed by atoms with E-state index < -0.39 is 5.92 Å². The molecule has 1 fully saturated rings. The van der Waals surface area contributed by atoms with Crippen molar-refractivity contribution in [1.82, 2.24) is 5.32 Å². The zero-order chi connectivity index (χ0) is 10.6. The Morgan fingerprint density at radius 2 is 2.29 bits per heavy atom. The van der Waals surface area contributed by atoms with Crippen LogP contribution in [0.4, 0.5) is 0 Å². The maximum atomic E-state index is 11.4. The van der Waals surface area contributed by atoms with Crippen LogP contribution in [-0.4, -0.2) is 11.9 Å². The molecule has 0 saturated heterocycles. The van der Waals surface area contributed by atoms with Crippen molar-refractivity contribution < 1.29 is 4.79 Å². The molecule has 1 aliphatic rings. The number of amides is 1. The summed E-state index contributed by atoms with van der Waals surface area (Å²) in [4.78, 5) is 11.4. The van der Waals surface area contributed by atoms with Crippen LogP contribution < -0.4 is 5.32 Å². The van der Waals surface area contributed by atoms with Crippen LogP contribution >= 0.6 is 0 Å². The van der Waals surface area contributed by atoms with Crippen LogP contribution in [0.2, 0.25) is 0 Å². The van der Waals surface area contributed by atoms with Gasteiger partial charge in [0.05, 0.1) is 6.07 Å². The molecule has 0 aliphatic heterocycles. The minimum Gasteiger partial charge on any atom is -0.352 e.